The zero-order valence-corrected chi connectivity index (χ0v) is 15.3. The molecular weight excluding hydrogens is 363 g/mol. The van der Waals surface area contributed by atoms with Gasteiger partial charge in [-0.1, -0.05) is 12.1 Å². The van der Waals surface area contributed by atoms with Gasteiger partial charge in [-0.2, -0.15) is 0 Å². The van der Waals surface area contributed by atoms with Crippen LogP contribution in [0.4, 0.5) is 10.1 Å². The molecule has 0 radical (unpaired) electrons. The molecule has 2 aromatic carbocycles. The van der Waals surface area contributed by atoms with Crippen LogP contribution in [0.25, 0.3) is 0 Å². The van der Waals surface area contributed by atoms with E-state index < -0.39 is 0 Å². The molecule has 0 atom stereocenters. The van der Waals surface area contributed by atoms with Crippen molar-refractivity contribution in [1.29, 1.82) is 0 Å². The highest BCUT2D eigenvalue weighted by atomic mass is 32.1. The topological polar surface area (TPSA) is 49.4 Å². The normalized spacial score (nSPS) is 12.7. The second kappa shape index (κ2) is 7.32. The number of nitrogens with zero attached hydrogens (tertiary/aromatic N) is 1. The van der Waals surface area contributed by atoms with Crippen LogP contribution in [0.1, 0.15) is 31.2 Å². The minimum atomic E-state index is -0.377. The van der Waals surface area contributed by atoms with Gasteiger partial charge in [0.15, 0.2) is 0 Å². The first-order chi connectivity index (χ1) is 13.1. The van der Waals surface area contributed by atoms with Crippen molar-refractivity contribution in [3.63, 3.8) is 0 Å². The Labute approximate surface area is 160 Å². The molecule has 0 aliphatic carbocycles. The van der Waals surface area contributed by atoms with Crippen molar-refractivity contribution >= 4 is 28.8 Å². The van der Waals surface area contributed by atoms with Gasteiger partial charge < -0.3 is 10.2 Å². The molecule has 2 heterocycles. The fourth-order valence-electron chi connectivity index (χ4n) is 3.28. The van der Waals surface area contributed by atoms with Gasteiger partial charge >= 0.3 is 0 Å². The van der Waals surface area contributed by atoms with Crippen LogP contribution in [0.2, 0.25) is 0 Å². The van der Waals surface area contributed by atoms with Crippen LogP contribution < -0.4 is 10.2 Å². The highest BCUT2D eigenvalue weighted by Crippen LogP contribution is 2.32. The Kier molecular flexibility index (Phi) is 4.73. The number of benzene rings is 2. The van der Waals surface area contributed by atoms with Gasteiger partial charge in [0.2, 0.25) is 0 Å². The van der Waals surface area contributed by atoms with Crippen LogP contribution in [0.15, 0.2) is 60.0 Å². The molecule has 0 bridgehead atoms. The van der Waals surface area contributed by atoms with Gasteiger partial charge in [0, 0.05) is 28.2 Å². The number of thiophene rings is 1. The molecule has 1 aromatic heterocycles. The Bertz CT molecular complexity index is 984. The molecule has 1 aliphatic rings. The second-order valence-corrected chi connectivity index (χ2v) is 7.31. The standard InChI is InChI=1S/C21H17FN2O2S/c22-15-8-6-14(7-9-15)21(26)24-11-10-17-18(4-1-5-19(17)24)20(25)23-13-16-3-2-12-27-16/h1-9,12H,10-11,13H2,(H,23,25). The van der Waals surface area contributed by atoms with Crippen LogP contribution in [0, 0.1) is 5.82 Å². The van der Waals surface area contributed by atoms with E-state index in [-0.39, 0.29) is 17.6 Å². The number of fused-ring (bicyclic) bond motifs is 1. The van der Waals surface area contributed by atoms with Crippen LogP contribution in [-0.4, -0.2) is 18.4 Å². The summed E-state index contributed by atoms with van der Waals surface area (Å²) < 4.78 is 13.1. The van der Waals surface area contributed by atoms with E-state index in [0.29, 0.717) is 30.6 Å². The van der Waals surface area contributed by atoms with Crippen LogP contribution in [0.5, 0.6) is 0 Å². The minimum absolute atomic E-state index is 0.142. The molecule has 0 fully saturated rings. The first-order valence-corrected chi connectivity index (χ1v) is 9.51. The van der Waals surface area contributed by atoms with Crippen molar-refractivity contribution < 1.29 is 14.0 Å². The summed E-state index contributed by atoms with van der Waals surface area (Å²) >= 11 is 1.59. The van der Waals surface area contributed by atoms with Crippen LogP contribution in [0.3, 0.4) is 0 Å². The first-order valence-electron chi connectivity index (χ1n) is 8.63. The van der Waals surface area contributed by atoms with Gasteiger partial charge in [-0.3, -0.25) is 9.59 Å². The van der Waals surface area contributed by atoms with Gasteiger partial charge in [-0.25, -0.2) is 4.39 Å². The summed E-state index contributed by atoms with van der Waals surface area (Å²) in [5.41, 5.74) is 2.64. The monoisotopic (exact) mass is 380 g/mol. The molecule has 2 amide bonds. The Morgan fingerprint density at radius 1 is 1.07 bits per heavy atom. The van der Waals surface area contributed by atoms with Crippen molar-refractivity contribution in [2.75, 3.05) is 11.4 Å². The minimum Gasteiger partial charge on any atom is -0.347 e. The number of nitrogens with one attached hydrogen (secondary N) is 1. The molecule has 0 spiro atoms. The summed E-state index contributed by atoms with van der Waals surface area (Å²) in [6, 6.07) is 14.9. The van der Waals surface area contributed by atoms with Gasteiger partial charge in [-0.15, -0.1) is 11.3 Å². The Morgan fingerprint density at radius 2 is 1.89 bits per heavy atom. The smallest absolute Gasteiger partial charge is 0.258 e. The Morgan fingerprint density at radius 3 is 2.63 bits per heavy atom. The second-order valence-electron chi connectivity index (χ2n) is 6.28. The lowest BCUT2D eigenvalue weighted by Gasteiger charge is -2.18. The fourth-order valence-corrected chi connectivity index (χ4v) is 3.93. The predicted octanol–water partition coefficient (Wildman–Crippen LogP) is 4.02. The molecule has 0 saturated heterocycles. The quantitative estimate of drug-likeness (QED) is 0.743. The number of hydrogen-bond donors (Lipinski definition) is 1. The Balaban J connectivity index is 1.55. The number of amides is 2. The highest BCUT2D eigenvalue weighted by Gasteiger charge is 2.28. The maximum absolute atomic E-state index is 13.1. The third-order valence-corrected chi connectivity index (χ3v) is 5.49. The maximum Gasteiger partial charge on any atom is 0.258 e. The molecule has 1 N–H and O–H groups in total. The lowest BCUT2D eigenvalue weighted by Crippen LogP contribution is -2.28. The van der Waals surface area contributed by atoms with Crippen LogP contribution >= 0.6 is 11.3 Å². The third kappa shape index (κ3) is 3.48. The molecule has 6 heteroatoms. The summed E-state index contributed by atoms with van der Waals surface area (Å²) in [6.07, 6.45) is 0.616. The number of carbonyl (C=O) groups is 2. The number of hydrogen-bond acceptors (Lipinski definition) is 3. The van der Waals surface area contributed by atoms with Crippen molar-refractivity contribution in [3.8, 4) is 0 Å². The average molecular weight is 380 g/mol. The average Bonchev–Trinajstić information content (AvgIpc) is 3.35. The van der Waals surface area contributed by atoms with Crippen molar-refractivity contribution in [1.82, 2.24) is 5.32 Å². The number of rotatable bonds is 4. The molecule has 1 aliphatic heterocycles. The van der Waals surface area contributed by atoms with E-state index in [0.717, 1.165) is 16.1 Å². The fraction of sp³-hybridized carbons (Fsp3) is 0.143. The van der Waals surface area contributed by atoms with Gasteiger partial charge in [0.25, 0.3) is 11.8 Å². The molecule has 4 rings (SSSR count). The third-order valence-electron chi connectivity index (χ3n) is 4.61. The van der Waals surface area contributed by atoms with Crippen molar-refractivity contribution in [2.24, 2.45) is 0 Å². The predicted molar refractivity (Wildman–Crippen MR) is 104 cm³/mol. The molecule has 27 heavy (non-hydrogen) atoms. The zero-order chi connectivity index (χ0) is 18.8. The number of anilines is 1. The summed E-state index contributed by atoms with van der Waals surface area (Å²) in [4.78, 5) is 28.2. The molecule has 0 saturated carbocycles. The van der Waals surface area contributed by atoms with Gasteiger partial charge in [0.05, 0.1) is 6.54 Å². The van der Waals surface area contributed by atoms with Gasteiger partial charge in [0.1, 0.15) is 5.82 Å². The van der Waals surface area contributed by atoms with E-state index in [1.54, 1.807) is 28.4 Å². The summed E-state index contributed by atoms with van der Waals surface area (Å²) in [5.74, 6) is -0.709. The molecule has 136 valence electrons. The number of carbonyl (C=O) groups excluding carboxylic acids is 2. The van der Waals surface area contributed by atoms with Crippen molar-refractivity contribution in [2.45, 2.75) is 13.0 Å². The summed E-state index contributed by atoms with van der Waals surface area (Å²) in [5, 5.41) is 4.91. The van der Waals surface area contributed by atoms with E-state index in [2.05, 4.69) is 5.32 Å². The van der Waals surface area contributed by atoms with E-state index in [4.69, 9.17) is 0 Å². The summed E-state index contributed by atoms with van der Waals surface area (Å²) in [6.45, 7) is 0.985. The van der Waals surface area contributed by atoms with Crippen LogP contribution in [-0.2, 0) is 13.0 Å². The van der Waals surface area contributed by atoms with E-state index in [1.807, 2.05) is 23.6 Å². The maximum atomic E-state index is 13.1. The highest BCUT2D eigenvalue weighted by molar-refractivity contribution is 7.09. The SMILES string of the molecule is O=C(NCc1cccs1)c1cccc2c1CCN2C(=O)c1ccc(F)cc1. The summed E-state index contributed by atoms with van der Waals surface area (Å²) in [7, 11) is 0. The lowest BCUT2D eigenvalue weighted by molar-refractivity contribution is 0.0948. The van der Waals surface area contributed by atoms with E-state index in [1.165, 1.54) is 24.3 Å². The molecule has 0 unspecified atom stereocenters. The van der Waals surface area contributed by atoms with E-state index >= 15 is 0 Å². The molecular formula is C21H17FN2O2S. The van der Waals surface area contributed by atoms with E-state index in [9.17, 15) is 14.0 Å². The van der Waals surface area contributed by atoms with Crippen molar-refractivity contribution in [3.05, 3.63) is 87.4 Å². The lowest BCUT2D eigenvalue weighted by atomic mass is 10.0. The molecule has 4 nitrogen and oxygen atoms in total. The Hall–Kier alpha value is -2.99. The largest absolute Gasteiger partial charge is 0.347 e. The zero-order valence-electron chi connectivity index (χ0n) is 14.4. The van der Waals surface area contributed by atoms with Gasteiger partial charge in [-0.05, 0) is 59.8 Å². The number of halogens is 1. The molecule has 3 aromatic rings. The first kappa shape index (κ1) is 17.4.